The summed E-state index contributed by atoms with van der Waals surface area (Å²) in [4.78, 5) is 25.7. The molecule has 25 heavy (non-hydrogen) atoms. The fraction of sp³-hybridized carbons (Fsp3) is 0.579. The number of piperidine rings is 1. The quantitative estimate of drug-likeness (QED) is 0.859. The Morgan fingerprint density at radius 3 is 2.76 bits per heavy atom. The second kappa shape index (κ2) is 7.87. The number of anilines is 2. The van der Waals surface area contributed by atoms with Crippen LogP contribution in [0.25, 0.3) is 0 Å². The lowest BCUT2D eigenvalue weighted by atomic mass is 10.1. The number of benzene rings is 1. The van der Waals surface area contributed by atoms with E-state index >= 15 is 0 Å². The molecule has 1 atom stereocenters. The van der Waals surface area contributed by atoms with Gasteiger partial charge in [0.25, 0.3) is 0 Å². The highest BCUT2D eigenvalue weighted by Crippen LogP contribution is 2.30. The van der Waals surface area contributed by atoms with E-state index in [1.165, 1.54) is 19.8 Å². The summed E-state index contributed by atoms with van der Waals surface area (Å²) in [7, 11) is 0. The number of nitrogens with one attached hydrogen (secondary N) is 2. The maximum Gasteiger partial charge on any atom is 0.321 e. The summed E-state index contributed by atoms with van der Waals surface area (Å²) in [5, 5.41) is 5.71. The molecule has 6 nitrogen and oxygen atoms in total. The van der Waals surface area contributed by atoms with Gasteiger partial charge in [-0.25, -0.2) is 4.79 Å². The maximum atomic E-state index is 12.6. The molecule has 2 fully saturated rings. The van der Waals surface area contributed by atoms with E-state index in [4.69, 9.17) is 4.74 Å². The number of rotatable bonds is 5. The summed E-state index contributed by atoms with van der Waals surface area (Å²) in [5.41, 5.74) is 2.36. The zero-order valence-electron chi connectivity index (χ0n) is 15.0. The Morgan fingerprint density at radius 1 is 1.24 bits per heavy atom. The van der Waals surface area contributed by atoms with Gasteiger partial charge in [-0.15, -0.1) is 0 Å². The molecule has 1 heterocycles. The lowest BCUT2D eigenvalue weighted by Crippen LogP contribution is -2.45. The standard InChI is InChI=1S/C19H27N3O3/c1-13-5-8-16(20-14(2)23)10-18(13)21-19(24)22-9-3-4-17(11-22)25-12-15-6-7-15/h5,8,10,15,17H,3-4,6-7,9,11-12H2,1-2H3,(H,20,23)(H,21,24)/t17-/m0/s1. The van der Waals surface area contributed by atoms with Crippen molar-refractivity contribution in [3.63, 3.8) is 0 Å². The van der Waals surface area contributed by atoms with E-state index in [-0.39, 0.29) is 18.0 Å². The first-order valence-electron chi connectivity index (χ1n) is 9.07. The monoisotopic (exact) mass is 345 g/mol. The van der Waals surface area contributed by atoms with Crippen LogP contribution < -0.4 is 10.6 Å². The highest BCUT2D eigenvalue weighted by molar-refractivity contribution is 5.93. The smallest absolute Gasteiger partial charge is 0.321 e. The molecule has 1 aromatic carbocycles. The van der Waals surface area contributed by atoms with Crippen molar-refractivity contribution in [3.8, 4) is 0 Å². The van der Waals surface area contributed by atoms with Crippen molar-refractivity contribution in [3.05, 3.63) is 23.8 Å². The number of carbonyl (C=O) groups excluding carboxylic acids is 2. The number of nitrogens with zero attached hydrogens (tertiary/aromatic N) is 1. The van der Waals surface area contributed by atoms with E-state index in [2.05, 4.69) is 10.6 Å². The van der Waals surface area contributed by atoms with Crippen LogP contribution in [0.4, 0.5) is 16.2 Å². The summed E-state index contributed by atoms with van der Waals surface area (Å²) in [5.74, 6) is 0.608. The summed E-state index contributed by atoms with van der Waals surface area (Å²) in [6.45, 7) is 5.62. The first kappa shape index (κ1) is 17.7. The molecular weight excluding hydrogens is 318 g/mol. The third-order valence-electron chi connectivity index (χ3n) is 4.73. The normalized spacial score (nSPS) is 20.2. The van der Waals surface area contributed by atoms with E-state index in [1.807, 2.05) is 24.0 Å². The average molecular weight is 345 g/mol. The van der Waals surface area contributed by atoms with Crippen LogP contribution in [0.1, 0.15) is 38.2 Å². The van der Waals surface area contributed by atoms with E-state index < -0.39 is 0 Å². The Balaban J connectivity index is 1.57. The minimum atomic E-state index is -0.132. The van der Waals surface area contributed by atoms with Crippen molar-refractivity contribution >= 4 is 23.3 Å². The van der Waals surface area contributed by atoms with Crippen LogP contribution in [0.5, 0.6) is 0 Å². The Labute approximate surface area is 148 Å². The number of ether oxygens (including phenoxy) is 1. The third kappa shape index (κ3) is 5.19. The van der Waals surface area contributed by atoms with Crippen LogP contribution in [-0.2, 0) is 9.53 Å². The third-order valence-corrected chi connectivity index (χ3v) is 4.73. The number of hydrogen-bond acceptors (Lipinski definition) is 3. The van der Waals surface area contributed by atoms with Gasteiger partial charge in [-0.3, -0.25) is 4.79 Å². The fourth-order valence-corrected chi connectivity index (χ4v) is 3.05. The number of hydrogen-bond donors (Lipinski definition) is 2. The van der Waals surface area contributed by atoms with Gasteiger partial charge in [-0.05, 0) is 56.2 Å². The van der Waals surface area contributed by atoms with Crippen LogP contribution in [-0.4, -0.2) is 42.6 Å². The van der Waals surface area contributed by atoms with Gasteiger partial charge in [0.15, 0.2) is 0 Å². The summed E-state index contributed by atoms with van der Waals surface area (Å²) in [6.07, 6.45) is 4.69. The lowest BCUT2D eigenvalue weighted by molar-refractivity contribution is -0.114. The largest absolute Gasteiger partial charge is 0.376 e. The zero-order valence-corrected chi connectivity index (χ0v) is 15.0. The average Bonchev–Trinajstić information content (AvgIpc) is 3.40. The molecule has 2 aliphatic rings. The zero-order chi connectivity index (χ0) is 17.8. The molecule has 1 aliphatic carbocycles. The molecule has 0 spiro atoms. The number of aryl methyl sites for hydroxylation is 1. The van der Waals surface area contributed by atoms with Crippen LogP contribution in [0.15, 0.2) is 18.2 Å². The van der Waals surface area contributed by atoms with Crippen LogP contribution in [0, 0.1) is 12.8 Å². The van der Waals surface area contributed by atoms with Crippen molar-refractivity contribution in [2.24, 2.45) is 5.92 Å². The Hall–Kier alpha value is -2.08. The van der Waals surface area contributed by atoms with E-state index in [0.717, 1.165) is 43.2 Å². The second-order valence-electron chi connectivity index (χ2n) is 7.13. The SMILES string of the molecule is CC(=O)Nc1ccc(C)c(NC(=O)N2CCC[C@H](OCC3CC3)C2)c1. The van der Waals surface area contributed by atoms with Crippen molar-refractivity contribution in [1.82, 2.24) is 4.90 Å². The first-order valence-corrected chi connectivity index (χ1v) is 9.07. The van der Waals surface area contributed by atoms with Gasteiger partial charge < -0.3 is 20.3 Å². The topological polar surface area (TPSA) is 70.7 Å². The summed E-state index contributed by atoms with van der Waals surface area (Å²) < 4.78 is 5.95. The Morgan fingerprint density at radius 2 is 2.04 bits per heavy atom. The first-order chi connectivity index (χ1) is 12.0. The van der Waals surface area contributed by atoms with Gasteiger partial charge in [0.1, 0.15) is 0 Å². The predicted octanol–water partition coefficient (Wildman–Crippen LogP) is 3.38. The summed E-state index contributed by atoms with van der Waals surface area (Å²) >= 11 is 0. The molecule has 136 valence electrons. The molecular formula is C19H27N3O3. The van der Waals surface area contributed by atoms with Crippen LogP contribution in [0.3, 0.4) is 0 Å². The van der Waals surface area contributed by atoms with Gasteiger partial charge in [-0.2, -0.15) is 0 Å². The highest BCUT2D eigenvalue weighted by atomic mass is 16.5. The molecule has 1 saturated carbocycles. The van der Waals surface area contributed by atoms with Crippen molar-refractivity contribution in [2.45, 2.75) is 45.6 Å². The molecule has 0 bridgehead atoms. The molecule has 0 radical (unpaired) electrons. The minimum Gasteiger partial charge on any atom is -0.376 e. The van der Waals surface area contributed by atoms with Gasteiger partial charge in [-0.1, -0.05) is 6.07 Å². The Kier molecular flexibility index (Phi) is 5.58. The van der Waals surface area contributed by atoms with Crippen LogP contribution >= 0.6 is 0 Å². The molecule has 6 heteroatoms. The van der Waals surface area contributed by atoms with E-state index in [9.17, 15) is 9.59 Å². The van der Waals surface area contributed by atoms with E-state index in [0.29, 0.717) is 12.2 Å². The number of amides is 3. The highest BCUT2D eigenvalue weighted by Gasteiger charge is 2.27. The van der Waals surface area contributed by atoms with Gasteiger partial charge in [0.05, 0.1) is 6.10 Å². The second-order valence-corrected chi connectivity index (χ2v) is 7.13. The molecule has 2 N–H and O–H groups in total. The molecule has 1 aliphatic heterocycles. The molecule has 0 aromatic heterocycles. The fourth-order valence-electron chi connectivity index (χ4n) is 3.05. The van der Waals surface area contributed by atoms with Gasteiger partial charge in [0, 0.05) is 38.0 Å². The lowest BCUT2D eigenvalue weighted by Gasteiger charge is -2.33. The van der Waals surface area contributed by atoms with Crippen molar-refractivity contribution in [2.75, 3.05) is 30.3 Å². The number of carbonyl (C=O) groups is 2. The van der Waals surface area contributed by atoms with E-state index in [1.54, 1.807) is 6.07 Å². The molecule has 1 aromatic rings. The predicted molar refractivity (Wildman–Crippen MR) is 97.8 cm³/mol. The maximum absolute atomic E-state index is 12.6. The van der Waals surface area contributed by atoms with Crippen LogP contribution in [0.2, 0.25) is 0 Å². The van der Waals surface area contributed by atoms with Crippen molar-refractivity contribution in [1.29, 1.82) is 0 Å². The van der Waals surface area contributed by atoms with Crippen molar-refractivity contribution < 1.29 is 14.3 Å². The number of likely N-dealkylation sites (tertiary alicyclic amines) is 1. The number of urea groups is 1. The van der Waals surface area contributed by atoms with Gasteiger partial charge in [0.2, 0.25) is 5.91 Å². The molecule has 0 unspecified atom stereocenters. The van der Waals surface area contributed by atoms with Gasteiger partial charge >= 0.3 is 6.03 Å². The summed E-state index contributed by atoms with van der Waals surface area (Å²) in [6, 6.07) is 5.40. The minimum absolute atomic E-state index is 0.109. The Bertz CT molecular complexity index is 643. The molecule has 3 rings (SSSR count). The molecule has 1 saturated heterocycles. The molecule has 3 amide bonds.